The van der Waals surface area contributed by atoms with Crippen LogP contribution < -0.4 is 10.1 Å². The molecule has 0 bridgehead atoms. The lowest BCUT2D eigenvalue weighted by Gasteiger charge is -2.12. The zero-order valence-electron chi connectivity index (χ0n) is 14.1. The van der Waals surface area contributed by atoms with Gasteiger partial charge in [-0.2, -0.15) is 0 Å². The average molecular weight is 360 g/mol. The van der Waals surface area contributed by atoms with E-state index in [4.69, 9.17) is 4.74 Å². The van der Waals surface area contributed by atoms with Crippen molar-refractivity contribution in [2.75, 3.05) is 12.9 Å². The van der Waals surface area contributed by atoms with E-state index in [9.17, 15) is 14.9 Å². The van der Waals surface area contributed by atoms with Gasteiger partial charge in [0.15, 0.2) is 0 Å². The van der Waals surface area contributed by atoms with Crippen molar-refractivity contribution in [3.05, 3.63) is 69.8 Å². The molecule has 0 fully saturated rings. The quantitative estimate of drug-likeness (QED) is 0.573. The summed E-state index contributed by atoms with van der Waals surface area (Å²) >= 11 is 1.44. The van der Waals surface area contributed by atoms with Crippen molar-refractivity contribution in [1.82, 2.24) is 5.32 Å². The molecule has 25 heavy (non-hydrogen) atoms. The summed E-state index contributed by atoms with van der Waals surface area (Å²) in [4.78, 5) is 22.4. The van der Waals surface area contributed by atoms with Gasteiger partial charge in [0.25, 0.3) is 5.69 Å². The van der Waals surface area contributed by atoms with Crippen molar-refractivity contribution in [2.45, 2.75) is 18.7 Å². The number of carbonyl (C=O) groups excluding carboxylic acids is 1. The highest BCUT2D eigenvalue weighted by atomic mass is 32.2. The van der Waals surface area contributed by atoms with E-state index >= 15 is 0 Å². The minimum atomic E-state index is -0.414. The number of nitrogens with one attached hydrogen (secondary N) is 1. The fraction of sp³-hybridized carbons (Fsp3) is 0.278. The van der Waals surface area contributed by atoms with E-state index in [1.54, 1.807) is 19.2 Å². The van der Waals surface area contributed by atoms with Gasteiger partial charge in [-0.1, -0.05) is 24.3 Å². The SMILES string of the molecule is COc1ccc(CNC(=O)CS[C@@H](C)c2cccc([N+](=O)[O-])c2)cc1. The zero-order chi connectivity index (χ0) is 18.2. The number of benzene rings is 2. The predicted octanol–water partition coefficient (Wildman–Crippen LogP) is 3.71. The Balaban J connectivity index is 1.80. The molecule has 0 aliphatic heterocycles. The summed E-state index contributed by atoms with van der Waals surface area (Å²) < 4.78 is 5.09. The molecule has 6 nitrogen and oxygen atoms in total. The Labute approximate surface area is 150 Å². The predicted molar refractivity (Wildman–Crippen MR) is 98.8 cm³/mol. The van der Waals surface area contributed by atoms with E-state index in [-0.39, 0.29) is 16.8 Å². The van der Waals surface area contributed by atoms with E-state index in [0.717, 1.165) is 16.9 Å². The topological polar surface area (TPSA) is 81.5 Å². The summed E-state index contributed by atoms with van der Waals surface area (Å²) in [6, 6.07) is 14.0. The first-order chi connectivity index (χ1) is 12.0. The second-order valence-electron chi connectivity index (χ2n) is 5.43. The number of amides is 1. The number of nitro groups is 1. The van der Waals surface area contributed by atoms with Gasteiger partial charge in [0.2, 0.25) is 5.91 Å². The molecule has 0 saturated carbocycles. The fourth-order valence-corrected chi connectivity index (χ4v) is 3.03. The van der Waals surface area contributed by atoms with E-state index in [1.165, 1.54) is 17.8 Å². The van der Waals surface area contributed by atoms with Gasteiger partial charge < -0.3 is 10.1 Å². The number of rotatable bonds is 8. The maximum atomic E-state index is 12.0. The standard InChI is InChI=1S/C18H20N2O4S/c1-13(15-4-3-5-16(10-15)20(22)23)25-12-18(21)19-11-14-6-8-17(24-2)9-7-14/h3-10,13H,11-12H2,1-2H3,(H,19,21)/t13-/m0/s1. The summed E-state index contributed by atoms with van der Waals surface area (Å²) in [5.41, 5.74) is 1.89. The van der Waals surface area contributed by atoms with Crippen LogP contribution in [-0.4, -0.2) is 23.7 Å². The molecule has 1 N–H and O–H groups in total. The lowest BCUT2D eigenvalue weighted by atomic mass is 10.1. The number of thioether (sulfide) groups is 1. The van der Waals surface area contributed by atoms with Crippen LogP contribution in [0.4, 0.5) is 5.69 Å². The molecule has 0 saturated heterocycles. The largest absolute Gasteiger partial charge is 0.497 e. The maximum absolute atomic E-state index is 12.0. The van der Waals surface area contributed by atoms with Gasteiger partial charge in [-0.05, 0) is 30.2 Å². The average Bonchev–Trinajstić information content (AvgIpc) is 2.64. The lowest BCUT2D eigenvalue weighted by Crippen LogP contribution is -2.24. The highest BCUT2D eigenvalue weighted by Crippen LogP contribution is 2.29. The molecular formula is C18H20N2O4S. The van der Waals surface area contributed by atoms with E-state index in [0.29, 0.717) is 12.3 Å². The summed E-state index contributed by atoms with van der Waals surface area (Å²) in [5.74, 6) is 0.995. The molecule has 132 valence electrons. The Morgan fingerprint density at radius 1 is 1.28 bits per heavy atom. The number of ether oxygens (including phenoxy) is 1. The third-order valence-electron chi connectivity index (χ3n) is 3.66. The fourth-order valence-electron chi connectivity index (χ4n) is 2.18. The molecule has 1 amide bonds. The normalized spacial score (nSPS) is 11.6. The molecule has 0 aromatic heterocycles. The van der Waals surface area contributed by atoms with Crippen LogP contribution >= 0.6 is 11.8 Å². The molecule has 0 spiro atoms. The van der Waals surface area contributed by atoms with E-state index in [2.05, 4.69) is 5.32 Å². The number of nitro benzene ring substituents is 1. The van der Waals surface area contributed by atoms with Gasteiger partial charge in [0.05, 0.1) is 17.8 Å². The highest BCUT2D eigenvalue weighted by molar-refractivity contribution is 8.00. The monoisotopic (exact) mass is 360 g/mol. The van der Waals surface area contributed by atoms with Crippen LogP contribution in [0.2, 0.25) is 0 Å². The van der Waals surface area contributed by atoms with Crippen LogP contribution in [0, 0.1) is 10.1 Å². The van der Waals surface area contributed by atoms with E-state index in [1.807, 2.05) is 37.3 Å². The van der Waals surface area contributed by atoms with Crippen LogP contribution in [0.1, 0.15) is 23.3 Å². The molecule has 2 rings (SSSR count). The lowest BCUT2D eigenvalue weighted by molar-refractivity contribution is -0.384. The molecule has 2 aromatic carbocycles. The van der Waals surface area contributed by atoms with Crippen molar-refractivity contribution >= 4 is 23.4 Å². The van der Waals surface area contributed by atoms with Crippen LogP contribution in [0.3, 0.4) is 0 Å². The first kappa shape index (κ1) is 18.8. The second kappa shape index (κ2) is 9.08. The molecule has 0 aliphatic rings. The Bertz CT molecular complexity index is 734. The van der Waals surface area contributed by atoms with Crippen LogP contribution in [0.15, 0.2) is 48.5 Å². The van der Waals surface area contributed by atoms with Gasteiger partial charge >= 0.3 is 0 Å². The molecule has 0 aliphatic carbocycles. The van der Waals surface area contributed by atoms with Crippen molar-refractivity contribution < 1.29 is 14.5 Å². The first-order valence-corrected chi connectivity index (χ1v) is 8.80. The van der Waals surface area contributed by atoms with Crippen molar-refractivity contribution in [2.24, 2.45) is 0 Å². The Morgan fingerprint density at radius 3 is 2.64 bits per heavy atom. The third-order valence-corrected chi connectivity index (χ3v) is 4.86. The number of carbonyl (C=O) groups is 1. The Hall–Kier alpha value is -2.54. The molecule has 1 atom stereocenters. The van der Waals surface area contributed by atoms with Crippen molar-refractivity contribution in [1.29, 1.82) is 0 Å². The molecule has 7 heteroatoms. The molecular weight excluding hydrogens is 340 g/mol. The summed E-state index contributed by atoms with van der Waals surface area (Å²) in [6.45, 7) is 2.38. The number of hydrogen-bond donors (Lipinski definition) is 1. The smallest absolute Gasteiger partial charge is 0.269 e. The van der Waals surface area contributed by atoms with Crippen molar-refractivity contribution in [3.8, 4) is 5.75 Å². The first-order valence-electron chi connectivity index (χ1n) is 7.75. The highest BCUT2D eigenvalue weighted by Gasteiger charge is 2.13. The number of methoxy groups -OCH3 is 1. The Kier molecular flexibility index (Phi) is 6.82. The van der Waals surface area contributed by atoms with E-state index < -0.39 is 4.92 Å². The van der Waals surface area contributed by atoms with Gasteiger partial charge in [-0.15, -0.1) is 11.8 Å². The van der Waals surface area contributed by atoms with Crippen molar-refractivity contribution in [3.63, 3.8) is 0 Å². The van der Waals surface area contributed by atoms with Crippen LogP contribution in [0.25, 0.3) is 0 Å². The summed E-state index contributed by atoms with van der Waals surface area (Å²) in [6.07, 6.45) is 0. The van der Waals surface area contributed by atoms with Gasteiger partial charge in [0, 0.05) is 23.9 Å². The molecule has 0 unspecified atom stereocenters. The third kappa shape index (κ3) is 5.79. The van der Waals surface area contributed by atoms with Gasteiger partial charge in [0.1, 0.15) is 5.75 Å². The zero-order valence-corrected chi connectivity index (χ0v) is 14.9. The minimum absolute atomic E-state index is 0.00774. The Morgan fingerprint density at radius 2 is 2.00 bits per heavy atom. The number of nitrogens with zero attached hydrogens (tertiary/aromatic N) is 1. The molecule has 2 aromatic rings. The van der Waals surface area contributed by atoms with Crippen LogP contribution in [0.5, 0.6) is 5.75 Å². The van der Waals surface area contributed by atoms with Gasteiger partial charge in [-0.25, -0.2) is 0 Å². The maximum Gasteiger partial charge on any atom is 0.269 e. The van der Waals surface area contributed by atoms with Crippen LogP contribution in [-0.2, 0) is 11.3 Å². The summed E-state index contributed by atoms with van der Waals surface area (Å²) in [7, 11) is 1.61. The number of hydrogen-bond acceptors (Lipinski definition) is 5. The molecule has 0 radical (unpaired) electrons. The second-order valence-corrected chi connectivity index (χ2v) is 6.76. The molecule has 0 heterocycles. The van der Waals surface area contributed by atoms with Gasteiger partial charge in [-0.3, -0.25) is 14.9 Å². The minimum Gasteiger partial charge on any atom is -0.497 e. The summed E-state index contributed by atoms with van der Waals surface area (Å²) in [5, 5.41) is 13.7. The number of non-ortho nitro benzene ring substituents is 1.